The van der Waals surface area contributed by atoms with Crippen LogP contribution in [0.5, 0.6) is 0 Å². The van der Waals surface area contributed by atoms with Gasteiger partial charge in [0, 0.05) is 13.2 Å². The Morgan fingerprint density at radius 1 is 1.04 bits per heavy atom. The van der Waals surface area contributed by atoms with E-state index < -0.39 is 0 Å². The molecule has 1 unspecified atom stereocenters. The highest BCUT2D eigenvalue weighted by molar-refractivity contribution is 5.37. The van der Waals surface area contributed by atoms with Gasteiger partial charge >= 0.3 is 0 Å². The van der Waals surface area contributed by atoms with Crippen molar-refractivity contribution < 1.29 is 9.26 Å². The van der Waals surface area contributed by atoms with Crippen LogP contribution in [-0.2, 0) is 11.3 Å². The molecule has 5 heteroatoms. The number of likely N-dealkylation sites (N-methyl/N-ethyl adjacent to an activating group) is 1. The van der Waals surface area contributed by atoms with Gasteiger partial charge in [-0.05, 0) is 30.5 Å². The molecule has 1 aliphatic rings. The minimum absolute atomic E-state index is 0.0341. The van der Waals surface area contributed by atoms with Crippen LogP contribution < -0.4 is 0 Å². The Kier molecular flexibility index (Phi) is 6.14. The average molecular weight is 377 g/mol. The molecule has 146 valence electrons. The molecule has 0 N–H and O–H groups in total. The summed E-state index contributed by atoms with van der Waals surface area (Å²) in [5, 5.41) is 4.34. The third-order valence-corrected chi connectivity index (χ3v) is 5.30. The average Bonchev–Trinajstić information content (AvgIpc) is 3.42. The van der Waals surface area contributed by atoms with Crippen molar-refractivity contribution in [3.05, 3.63) is 83.5 Å². The minimum atomic E-state index is -0.0341. The second kappa shape index (κ2) is 9.13. The summed E-state index contributed by atoms with van der Waals surface area (Å²) in [5.41, 5.74) is 2.32. The Hall–Kier alpha value is -2.50. The molecular formula is C23H27N3O2. The first-order chi connectivity index (χ1) is 13.8. The smallest absolute Gasteiger partial charge is 0.240 e. The molecule has 2 heterocycles. The highest BCUT2D eigenvalue weighted by Crippen LogP contribution is 2.30. The maximum absolute atomic E-state index is 5.77. The van der Waals surface area contributed by atoms with E-state index in [0.29, 0.717) is 24.4 Å². The monoisotopic (exact) mass is 377 g/mol. The summed E-state index contributed by atoms with van der Waals surface area (Å²) < 4.78 is 11.4. The first-order valence-corrected chi connectivity index (χ1v) is 10.1. The van der Waals surface area contributed by atoms with Crippen molar-refractivity contribution in [3.63, 3.8) is 0 Å². The molecule has 0 bridgehead atoms. The second-order valence-corrected chi connectivity index (χ2v) is 7.26. The number of aromatic nitrogens is 2. The largest absolute Gasteiger partial charge is 0.377 e. The SMILES string of the molecule is CCN(Cc1nc(C(c2ccccc2)c2ccccc2)no1)CC1CCCO1. The van der Waals surface area contributed by atoms with Crippen molar-refractivity contribution in [3.8, 4) is 0 Å². The van der Waals surface area contributed by atoms with Gasteiger partial charge in [-0.25, -0.2) is 0 Å². The van der Waals surface area contributed by atoms with E-state index in [9.17, 15) is 0 Å². The molecule has 5 nitrogen and oxygen atoms in total. The fraction of sp³-hybridized carbons (Fsp3) is 0.391. The predicted octanol–water partition coefficient (Wildman–Crippen LogP) is 4.25. The third-order valence-electron chi connectivity index (χ3n) is 5.30. The van der Waals surface area contributed by atoms with Crippen LogP contribution >= 0.6 is 0 Å². The molecule has 28 heavy (non-hydrogen) atoms. The first kappa shape index (κ1) is 18.8. The van der Waals surface area contributed by atoms with Crippen molar-refractivity contribution in [1.29, 1.82) is 0 Å². The van der Waals surface area contributed by atoms with E-state index in [1.54, 1.807) is 0 Å². The van der Waals surface area contributed by atoms with Crippen LogP contribution in [-0.4, -0.2) is 40.8 Å². The molecule has 0 amide bonds. The molecular weight excluding hydrogens is 350 g/mol. The summed E-state index contributed by atoms with van der Waals surface area (Å²) in [6, 6.07) is 20.7. The molecule has 1 aromatic heterocycles. The molecule has 1 fully saturated rings. The molecule has 0 saturated carbocycles. The van der Waals surface area contributed by atoms with Gasteiger partial charge in [-0.3, -0.25) is 4.90 Å². The predicted molar refractivity (Wildman–Crippen MR) is 108 cm³/mol. The lowest BCUT2D eigenvalue weighted by Crippen LogP contribution is -2.31. The lowest BCUT2D eigenvalue weighted by molar-refractivity contribution is 0.0689. The van der Waals surface area contributed by atoms with E-state index >= 15 is 0 Å². The molecule has 4 rings (SSSR count). The number of rotatable bonds is 8. The second-order valence-electron chi connectivity index (χ2n) is 7.26. The Bertz CT molecular complexity index is 805. The summed E-state index contributed by atoms with van der Waals surface area (Å²) in [7, 11) is 0. The highest BCUT2D eigenvalue weighted by atomic mass is 16.5. The van der Waals surface area contributed by atoms with E-state index in [1.165, 1.54) is 0 Å². The molecule has 0 radical (unpaired) electrons. The van der Waals surface area contributed by atoms with Crippen LogP contribution in [0.2, 0.25) is 0 Å². The van der Waals surface area contributed by atoms with E-state index in [-0.39, 0.29) is 5.92 Å². The molecule has 0 spiro atoms. The number of hydrogen-bond donors (Lipinski definition) is 0. The van der Waals surface area contributed by atoms with E-state index in [0.717, 1.165) is 43.7 Å². The van der Waals surface area contributed by atoms with Crippen molar-refractivity contribution in [2.75, 3.05) is 19.7 Å². The van der Waals surface area contributed by atoms with Crippen LogP contribution in [0.4, 0.5) is 0 Å². The number of benzene rings is 2. The highest BCUT2D eigenvalue weighted by Gasteiger charge is 2.24. The van der Waals surface area contributed by atoms with Crippen LogP contribution in [0.1, 0.15) is 48.5 Å². The molecule has 1 saturated heterocycles. The van der Waals surface area contributed by atoms with Crippen molar-refractivity contribution >= 4 is 0 Å². The van der Waals surface area contributed by atoms with E-state index in [4.69, 9.17) is 14.2 Å². The van der Waals surface area contributed by atoms with Gasteiger partial charge in [0.1, 0.15) is 0 Å². The molecule has 0 aliphatic carbocycles. The van der Waals surface area contributed by atoms with Crippen LogP contribution in [0.15, 0.2) is 65.2 Å². The maximum Gasteiger partial charge on any atom is 0.240 e. The Balaban J connectivity index is 1.54. The Morgan fingerprint density at radius 3 is 2.29 bits per heavy atom. The lowest BCUT2D eigenvalue weighted by Gasteiger charge is -2.21. The zero-order valence-electron chi connectivity index (χ0n) is 16.3. The summed E-state index contributed by atoms with van der Waals surface area (Å²) in [6.45, 7) is 5.53. The normalized spacial score (nSPS) is 16.9. The Morgan fingerprint density at radius 2 is 1.71 bits per heavy atom. The molecule has 2 aromatic carbocycles. The number of nitrogens with zero attached hydrogens (tertiary/aromatic N) is 3. The summed E-state index contributed by atoms with van der Waals surface area (Å²) in [5.74, 6) is 1.33. The topological polar surface area (TPSA) is 51.4 Å². The molecule has 1 atom stereocenters. The van der Waals surface area contributed by atoms with Gasteiger partial charge in [-0.15, -0.1) is 0 Å². The fourth-order valence-corrected chi connectivity index (χ4v) is 3.80. The zero-order chi connectivity index (χ0) is 19.2. The van der Waals surface area contributed by atoms with Gasteiger partial charge in [0.25, 0.3) is 0 Å². The van der Waals surface area contributed by atoms with Crippen LogP contribution in [0.3, 0.4) is 0 Å². The maximum atomic E-state index is 5.77. The summed E-state index contributed by atoms with van der Waals surface area (Å²) in [6.07, 6.45) is 2.61. The summed E-state index contributed by atoms with van der Waals surface area (Å²) in [4.78, 5) is 7.08. The van der Waals surface area contributed by atoms with E-state index in [2.05, 4.69) is 41.2 Å². The summed E-state index contributed by atoms with van der Waals surface area (Å²) >= 11 is 0. The quantitative estimate of drug-likeness (QED) is 0.587. The number of ether oxygens (including phenoxy) is 1. The van der Waals surface area contributed by atoms with Gasteiger partial charge in [0.05, 0.1) is 18.6 Å². The van der Waals surface area contributed by atoms with Crippen molar-refractivity contribution in [2.45, 2.75) is 38.3 Å². The van der Waals surface area contributed by atoms with Gasteiger partial charge in [-0.1, -0.05) is 72.7 Å². The van der Waals surface area contributed by atoms with Gasteiger partial charge in [0.15, 0.2) is 5.82 Å². The third kappa shape index (κ3) is 4.49. The fourth-order valence-electron chi connectivity index (χ4n) is 3.80. The molecule has 3 aromatic rings. The van der Waals surface area contributed by atoms with Gasteiger partial charge < -0.3 is 9.26 Å². The van der Waals surface area contributed by atoms with Gasteiger partial charge in [-0.2, -0.15) is 4.98 Å². The number of hydrogen-bond acceptors (Lipinski definition) is 5. The first-order valence-electron chi connectivity index (χ1n) is 10.1. The zero-order valence-corrected chi connectivity index (χ0v) is 16.3. The minimum Gasteiger partial charge on any atom is -0.377 e. The van der Waals surface area contributed by atoms with E-state index in [1.807, 2.05) is 36.4 Å². The van der Waals surface area contributed by atoms with Gasteiger partial charge in [0.2, 0.25) is 5.89 Å². The molecule has 1 aliphatic heterocycles. The van der Waals surface area contributed by atoms with Crippen molar-refractivity contribution in [2.24, 2.45) is 0 Å². The van der Waals surface area contributed by atoms with Crippen molar-refractivity contribution in [1.82, 2.24) is 15.0 Å². The standard InChI is InChI=1S/C23H27N3O2/c1-2-26(16-20-14-9-15-27-20)17-21-24-23(25-28-21)22(18-10-5-3-6-11-18)19-12-7-4-8-13-19/h3-8,10-13,20,22H,2,9,14-17H2,1H3. The Labute approximate surface area is 166 Å². The van der Waals surface area contributed by atoms with Crippen LogP contribution in [0, 0.1) is 0 Å². The lowest BCUT2D eigenvalue weighted by atomic mass is 9.91. The van der Waals surface area contributed by atoms with Crippen LogP contribution in [0.25, 0.3) is 0 Å².